The van der Waals surface area contributed by atoms with Gasteiger partial charge in [-0.15, -0.1) is 10.2 Å². The predicted octanol–water partition coefficient (Wildman–Crippen LogP) is 5.31. The van der Waals surface area contributed by atoms with Gasteiger partial charge >= 0.3 is 0 Å². The van der Waals surface area contributed by atoms with E-state index in [-0.39, 0.29) is 11.8 Å². The molecule has 1 saturated heterocycles. The highest BCUT2D eigenvalue weighted by Crippen LogP contribution is 2.31. The molecule has 31 heavy (non-hydrogen) atoms. The van der Waals surface area contributed by atoms with Crippen LogP contribution in [0.3, 0.4) is 0 Å². The molecule has 3 aromatic rings. The van der Waals surface area contributed by atoms with E-state index >= 15 is 0 Å². The number of nitrogens with zero attached hydrogens (tertiary/aromatic N) is 3. The van der Waals surface area contributed by atoms with Crippen LogP contribution in [0.15, 0.2) is 54.6 Å². The number of methoxy groups -OCH3 is 1. The molecule has 0 spiro atoms. The van der Waals surface area contributed by atoms with Gasteiger partial charge in [0.25, 0.3) is 0 Å². The van der Waals surface area contributed by atoms with E-state index in [9.17, 15) is 4.79 Å². The van der Waals surface area contributed by atoms with E-state index in [0.29, 0.717) is 15.7 Å². The first-order chi connectivity index (χ1) is 15.0. The van der Waals surface area contributed by atoms with Crippen molar-refractivity contribution in [3.05, 3.63) is 64.6 Å². The summed E-state index contributed by atoms with van der Waals surface area (Å²) in [6.07, 6.45) is 1.46. The Kier molecular flexibility index (Phi) is 6.59. The van der Waals surface area contributed by atoms with Crippen LogP contribution in [-0.2, 0) is 4.79 Å². The van der Waals surface area contributed by atoms with Gasteiger partial charge < -0.3 is 15.0 Å². The summed E-state index contributed by atoms with van der Waals surface area (Å²) in [7, 11) is 1.64. The number of piperidine rings is 1. The van der Waals surface area contributed by atoms with Gasteiger partial charge in [-0.05, 0) is 61.4 Å². The smallest absolute Gasteiger partial charge is 0.227 e. The lowest BCUT2D eigenvalue weighted by atomic mass is 9.95. The molecule has 160 valence electrons. The van der Waals surface area contributed by atoms with Crippen LogP contribution in [0.1, 0.15) is 12.8 Å². The van der Waals surface area contributed by atoms with Crippen molar-refractivity contribution < 1.29 is 9.53 Å². The molecule has 0 saturated carbocycles. The van der Waals surface area contributed by atoms with Gasteiger partial charge in [-0.3, -0.25) is 4.79 Å². The summed E-state index contributed by atoms with van der Waals surface area (Å²) in [4.78, 5) is 14.8. The summed E-state index contributed by atoms with van der Waals surface area (Å²) >= 11 is 12.2. The number of nitrogens with one attached hydrogen (secondary N) is 1. The number of carbonyl (C=O) groups is 1. The van der Waals surface area contributed by atoms with Crippen molar-refractivity contribution >= 4 is 40.6 Å². The Labute approximate surface area is 191 Å². The molecule has 2 aromatic carbocycles. The summed E-state index contributed by atoms with van der Waals surface area (Å²) in [5.74, 6) is 1.49. The van der Waals surface area contributed by atoms with Crippen LogP contribution in [0.5, 0.6) is 5.75 Å². The van der Waals surface area contributed by atoms with Crippen molar-refractivity contribution in [2.24, 2.45) is 5.92 Å². The van der Waals surface area contributed by atoms with Crippen molar-refractivity contribution in [1.82, 2.24) is 10.2 Å². The van der Waals surface area contributed by atoms with Crippen molar-refractivity contribution in [2.75, 3.05) is 30.4 Å². The number of carbonyl (C=O) groups excluding carboxylic acids is 1. The predicted molar refractivity (Wildman–Crippen MR) is 124 cm³/mol. The number of hydrogen-bond acceptors (Lipinski definition) is 5. The first-order valence-electron chi connectivity index (χ1n) is 10.0. The maximum atomic E-state index is 12.7. The molecule has 1 aliphatic heterocycles. The molecule has 0 unspecified atom stereocenters. The molecule has 0 atom stereocenters. The third kappa shape index (κ3) is 4.92. The summed E-state index contributed by atoms with van der Waals surface area (Å²) in [6.45, 7) is 1.47. The summed E-state index contributed by atoms with van der Waals surface area (Å²) in [5, 5.41) is 12.4. The molecule has 8 heteroatoms. The zero-order valence-electron chi connectivity index (χ0n) is 17.0. The normalized spacial score (nSPS) is 14.4. The lowest BCUT2D eigenvalue weighted by molar-refractivity contribution is -0.120. The molecule has 0 bridgehead atoms. The molecule has 6 nitrogen and oxygen atoms in total. The molecule has 2 heterocycles. The highest BCUT2D eigenvalue weighted by Gasteiger charge is 2.26. The van der Waals surface area contributed by atoms with Gasteiger partial charge in [-0.25, -0.2) is 0 Å². The number of anilines is 2. The Morgan fingerprint density at radius 3 is 2.42 bits per heavy atom. The highest BCUT2D eigenvalue weighted by molar-refractivity contribution is 6.44. The zero-order chi connectivity index (χ0) is 21.8. The number of rotatable bonds is 5. The Balaban J connectivity index is 1.35. The van der Waals surface area contributed by atoms with Gasteiger partial charge in [0, 0.05) is 24.6 Å². The second-order valence-electron chi connectivity index (χ2n) is 7.36. The molecule has 1 N–H and O–H groups in total. The minimum Gasteiger partial charge on any atom is -0.497 e. The monoisotopic (exact) mass is 456 g/mol. The average molecular weight is 457 g/mol. The molecule has 0 radical (unpaired) electrons. The van der Waals surface area contributed by atoms with Gasteiger partial charge in [-0.2, -0.15) is 0 Å². The van der Waals surface area contributed by atoms with Crippen LogP contribution in [0.25, 0.3) is 11.3 Å². The first-order valence-corrected chi connectivity index (χ1v) is 10.8. The van der Waals surface area contributed by atoms with Crippen LogP contribution in [0.4, 0.5) is 11.5 Å². The number of benzene rings is 2. The van der Waals surface area contributed by atoms with E-state index < -0.39 is 0 Å². The molecule has 0 aliphatic carbocycles. The molecule has 1 aliphatic rings. The summed E-state index contributed by atoms with van der Waals surface area (Å²) in [6, 6.07) is 16.9. The van der Waals surface area contributed by atoms with Gasteiger partial charge in [0.2, 0.25) is 5.91 Å². The molecule has 4 rings (SSSR count). The number of halogens is 2. The van der Waals surface area contributed by atoms with Crippen LogP contribution in [0.2, 0.25) is 10.0 Å². The second kappa shape index (κ2) is 9.54. The van der Waals surface area contributed by atoms with E-state index in [2.05, 4.69) is 20.4 Å². The fourth-order valence-electron chi connectivity index (χ4n) is 3.62. The van der Waals surface area contributed by atoms with E-state index in [1.165, 1.54) is 0 Å². The van der Waals surface area contributed by atoms with Crippen molar-refractivity contribution in [3.8, 4) is 17.0 Å². The summed E-state index contributed by atoms with van der Waals surface area (Å²) in [5.41, 5.74) is 2.33. The molecule has 1 aromatic heterocycles. The third-order valence-electron chi connectivity index (χ3n) is 5.44. The average Bonchev–Trinajstić information content (AvgIpc) is 2.82. The quantitative estimate of drug-likeness (QED) is 0.562. The Bertz CT molecular complexity index is 1050. The largest absolute Gasteiger partial charge is 0.497 e. The van der Waals surface area contributed by atoms with E-state index in [1.807, 2.05) is 36.4 Å². The number of hydrogen-bond donors (Lipinski definition) is 1. The van der Waals surface area contributed by atoms with E-state index in [1.54, 1.807) is 25.3 Å². The highest BCUT2D eigenvalue weighted by atomic mass is 35.5. The Hall–Kier alpha value is -2.83. The van der Waals surface area contributed by atoms with Crippen LogP contribution >= 0.6 is 23.2 Å². The fraction of sp³-hybridized carbons (Fsp3) is 0.261. The Morgan fingerprint density at radius 1 is 1.03 bits per heavy atom. The standard InChI is InChI=1S/C23H22Cl2N4O2/c1-31-17-7-5-15(6-8-17)19-9-10-21(28-27-19)29-13-11-16(12-14-29)23(30)26-20-4-2-3-18(24)22(20)25/h2-10,16H,11-14H2,1H3,(H,26,30). The van der Waals surface area contributed by atoms with E-state index in [0.717, 1.165) is 48.8 Å². The molecule has 1 fully saturated rings. The Morgan fingerprint density at radius 2 is 1.77 bits per heavy atom. The lowest BCUT2D eigenvalue weighted by Gasteiger charge is -2.31. The second-order valence-corrected chi connectivity index (χ2v) is 8.14. The van der Waals surface area contributed by atoms with Gasteiger partial charge in [-0.1, -0.05) is 29.3 Å². The lowest BCUT2D eigenvalue weighted by Crippen LogP contribution is -2.38. The number of amides is 1. The van der Waals surface area contributed by atoms with Crippen molar-refractivity contribution in [3.63, 3.8) is 0 Å². The van der Waals surface area contributed by atoms with Gasteiger partial charge in [0.1, 0.15) is 5.75 Å². The topological polar surface area (TPSA) is 67.3 Å². The van der Waals surface area contributed by atoms with Gasteiger partial charge in [0.05, 0.1) is 28.5 Å². The van der Waals surface area contributed by atoms with Crippen molar-refractivity contribution in [1.29, 1.82) is 0 Å². The number of aromatic nitrogens is 2. The first kappa shape index (κ1) is 21.4. The third-order valence-corrected chi connectivity index (χ3v) is 6.25. The van der Waals surface area contributed by atoms with Gasteiger partial charge in [0.15, 0.2) is 5.82 Å². The molecule has 1 amide bonds. The van der Waals surface area contributed by atoms with Crippen molar-refractivity contribution in [2.45, 2.75) is 12.8 Å². The van der Waals surface area contributed by atoms with Crippen LogP contribution < -0.4 is 15.0 Å². The SMILES string of the molecule is COc1ccc(-c2ccc(N3CCC(C(=O)Nc4cccc(Cl)c4Cl)CC3)nn2)cc1. The maximum absolute atomic E-state index is 12.7. The zero-order valence-corrected chi connectivity index (χ0v) is 18.5. The van der Waals surface area contributed by atoms with Crippen LogP contribution in [-0.4, -0.2) is 36.3 Å². The fourth-order valence-corrected chi connectivity index (χ4v) is 3.96. The van der Waals surface area contributed by atoms with Crippen LogP contribution in [0, 0.1) is 5.92 Å². The summed E-state index contributed by atoms with van der Waals surface area (Å²) < 4.78 is 5.19. The minimum atomic E-state index is -0.0853. The molecular formula is C23H22Cl2N4O2. The minimum absolute atomic E-state index is 0.0373. The molecular weight excluding hydrogens is 435 g/mol. The number of ether oxygens (including phenoxy) is 1. The van der Waals surface area contributed by atoms with E-state index in [4.69, 9.17) is 27.9 Å². The maximum Gasteiger partial charge on any atom is 0.227 e.